The molecule has 0 aliphatic rings. The lowest BCUT2D eigenvalue weighted by Gasteiger charge is -2.25. The summed E-state index contributed by atoms with van der Waals surface area (Å²) in [6.07, 6.45) is 99.2. The summed E-state index contributed by atoms with van der Waals surface area (Å²) < 4.78 is 23.8. The van der Waals surface area contributed by atoms with Crippen LogP contribution in [0.3, 0.4) is 0 Å². The minimum absolute atomic E-state index is 0.0530. The molecule has 0 aromatic carbocycles. The van der Waals surface area contributed by atoms with Gasteiger partial charge in [0.25, 0.3) is 0 Å². The van der Waals surface area contributed by atoms with Crippen molar-refractivity contribution < 1.29 is 32.9 Å². The fraction of sp³-hybridized carbons (Fsp3) is 0.727. The van der Waals surface area contributed by atoms with Crippen molar-refractivity contribution in [2.75, 3.05) is 40.9 Å². The summed E-state index contributed by atoms with van der Waals surface area (Å²) in [5.74, 6) is -0.187. The largest absolute Gasteiger partial charge is 0.472 e. The second kappa shape index (κ2) is 66.3. The summed E-state index contributed by atoms with van der Waals surface area (Å²) in [6.45, 7) is 4.70. The molecule has 0 fully saturated rings. The molecule has 86 heavy (non-hydrogen) atoms. The summed E-state index contributed by atoms with van der Waals surface area (Å²) in [5.41, 5.74) is 0. The molecule has 0 aromatic heterocycles. The molecule has 3 unspecified atom stereocenters. The molecule has 0 radical (unpaired) electrons. The Kier molecular flexibility index (Phi) is 63.9. The molecule has 0 saturated heterocycles. The molecule has 0 heterocycles. The van der Waals surface area contributed by atoms with E-state index in [0.29, 0.717) is 17.4 Å². The number of phosphoric acid groups is 1. The zero-order chi connectivity index (χ0) is 62.6. The van der Waals surface area contributed by atoms with Crippen LogP contribution in [0.15, 0.2) is 122 Å². The zero-order valence-electron chi connectivity index (χ0n) is 56.8. The van der Waals surface area contributed by atoms with Crippen LogP contribution in [0.5, 0.6) is 0 Å². The predicted molar refractivity (Wildman–Crippen MR) is 378 cm³/mol. The molecule has 8 nitrogen and oxygen atoms in total. The molecule has 0 aliphatic carbocycles. The summed E-state index contributed by atoms with van der Waals surface area (Å²) in [7, 11) is 1.55. The van der Waals surface area contributed by atoms with E-state index < -0.39 is 20.0 Å². The maximum Gasteiger partial charge on any atom is 0.472 e. The highest BCUT2D eigenvalue weighted by molar-refractivity contribution is 7.47. The average molecular weight is 1220 g/mol. The molecule has 0 spiro atoms. The summed E-state index contributed by atoms with van der Waals surface area (Å²) in [5, 5.41) is 14.0. The van der Waals surface area contributed by atoms with Crippen molar-refractivity contribution in [1.82, 2.24) is 5.32 Å². The highest BCUT2D eigenvalue weighted by Crippen LogP contribution is 2.43. The highest BCUT2D eigenvalue weighted by atomic mass is 31.2. The number of nitrogens with one attached hydrogen (secondary N) is 1. The van der Waals surface area contributed by atoms with Crippen LogP contribution in [0.25, 0.3) is 0 Å². The number of hydrogen-bond donors (Lipinski definition) is 3. The van der Waals surface area contributed by atoms with Gasteiger partial charge in [-0.15, -0.1) is 0 Å². The van der Waals surface area contributed by atoms with Crippen molar-refractivity contribution in [3.05, 3.63) is 122 Å². The predicted octanol–water partition coefficient (Wildman–Crippen LogP) is 23.2. The van der Waals surface area contributed by atoms with Crippen LogP contribution >= 0.6 is 7.82 Å². The Bertz CT molecular complexity index is 1820. The van der Waals surface area contributed by atoms with E-state index in [2.05, 4.69) is 129 Å². The number of carbonyl (C=O) groups is 1. The van der Waals surface area contributed by atoms with Gasteiger partial charge < -0.3 is 19.8 Å². The Balaban J connectivity index is 4.06. The Labute approximate surface area is 533 Å². The summed E-state index contributed by atoms with van der Waals surface area (Å²) in [6, 6.07) is -0.870. The van der Waals surface area contributed by atoms with Crippen LogP contribution in [0.4, 0.5) is 0 Å². The van der Waals surface area contributed by atoms with E-state index in [1.165, 1.54) is 199 Å². The number of quaternary nitrogens is 1. The lowest BCUT2D eigenvalue weighted by atomic mass is 10.0. The standard InChI is InChI=1S/C77H137N2O6P/c1-6-8-10-12-14-16-18-20-22-24-26-28-30-31-32-33-34-35-36-37-38-39-40-41-42-43-44-45-46-47-49-51-53-55-57-59-61-63-65-67-69-71-77(81)78-75(74-85-86(82,83)84-73-72-79(3,4)5)76(80)70-68-66-64-62-60-58-56-54-52-50-48-29-27-25-23-21-19-17-15-13-11-9-7-2/h8,10,14,16,20,22,26,28,31-32,34-35,37-38,40-41,60,62,68,70,75-76,80H,6-7,9,11-13,15,17-19,21,23-25,27,29-30,33,36,39,42-59,61,63-67,69,71-74H2,1-5H3,(H-,78,81,82,83)/p+1/b10-8-,16-14-,22-20-,28-26-,32-31-,35-34-,38-37-,41-40-,62-60+,70-68+. The van der Waals surface area contributed by atoms with Crippen molar-refractivity contribution in [1.29, 1.82) is 0 Å². The van der Waals surface area contributed by atoms with E-state index in [9.17, 15) is 19.4 Å². The average Bonchev–Trinajstić information content (AvgIpc) is 3.70. The molecule has 1 amide bonds. The Morgan fingerprint density at radius 2 is 0.709 bits per heavy atom. The van der Waals surface area contributed by atoms with Crippen molar-refractivity contribution in [3.63, 3.8) is 0 Å². The van der Waals surface area contributed by atoms with Gasteiger partial charge in [-0.1, -0.05) is 328 Å². The second-order valence-corrected chi connectivity index (χ2v) is 26.7. The van der Waals surface area contributed by atoms with E-state index >= 15 is 0 Å². The lowest BCUT2D eigenvalue weighted by Crippen LogP contribution is -2.45. The van der Waals surface area contributed by atoms with Gasteiger partial charge in [-0.2, -0.15) is 0 Å². The minimum atomic E-state index is -4.37. The van der Waals surface area contributed by atoms with E-state index in [1.54, 1.807) is 6.08 Å². The number of phosphoric ester groups is 1. The third kappa shape index (κ3) is 68.4. The first kappa shape index (κ1) is 82.9. The molecule has 3 N–H and O–H groups in total. The number of nitrogens with zero attached hydrogens (tertiary/aromatic N) is 1. The van der Waals surface area contributed by atoms with Crippen LogP contribution in [0.1, 0.15) is 309 Å². The normalized spacial score (nSPS) is 14.4. The number of aliphatic hydroxyl groups is 1. The molecular formula is C77H138N2O6P+. The molecule has 9 heteroatoms. The van der Waals surface area contributed by atoms with Gasteiger partial charge in [-0.3, -0.25) is 13.8 Å². The van der Waals surface area contributed by atoms with Crippen LogP contribution in [-0.2, 0) is 18.4 Å². The molecule has 0 rings (SSSR count). The number of rotatable bonds is 65. The number of hydrogen-bond acceptors (Lipinski definition) is 5. The first-order valence-electron chi connectivity index (χ1n) is 35.9. The van der Waals surface area contributed by atoms with Gasteiger partial charge in [0, 0.05) is 6.42 Å². The van der Waals surface area contributed by atoms with Crippen LogP contribution in [-0.4, -0.2) is 73.4 Å². The van der Waals surface area contributed by atoms with Crippen molar-refractivity contribution in [2.24, 2.45) is 0 Å². The molecule has 0 saturated carbocycles. The molecule has 496 valence electrons. The maximum absolute atomic E-state index is 13.1. The van der Waals surface area contributed by atoms with Gasteiger partial charge in [0.2, 0.25) is 5.91 Å². The summed E-state index contributed by atoms with van der Waals surface area (Å²) >= 11 is 0. The van der Waals surface area contributed by atoms with Gasteiger partial charge in [0.15, 0.2) is 0 Å². The van der Waals surface area contributed by atoms with Crippen molar-refractivity contribution in [3.8, 4) is 0 Å². The molecule has 0 bridgehead atoms. The van der Waals surface area contributed by atoms with Crippen LogP contribution in [0, 0.1) is 0 Å². The third-order valence-electron chi connectivity index (χ3n) is 15.7. The lowest BCUT2D eigenvalue weighted by molar-refractivity contribution is -0.870. The van der Waals surface area contributed by atoms with Gasteiger partial charge in [-0.05, 0) is 96.3 Å². The monoisotopic (exact) mass is 1220 g/mol. The number of unbranched alkanes of at least 4 members (excludes halogenated alkanes) is 34. The smallest absolute Gasteiger partial charge is 0.387 e. The third-order valence-corrected chi connectivity index (χ3v) is 16.6. The first-order valence-corrected chi connectivity index (χ1v) is 37.4. The fourth-order valence-electron chi connectivity index (χ4n) is 10.1. The maximum atomic E-state index is 13.1. The topological polar surface area (TPSA) is 105 Å². The Morgan fingerprint density at radius 1 is 0.407 bits per heavy atom. The van der Waals surface area contributed by atoms with E-state index in [0.717, 1.165) is 89.9 Å². The summed E-state index contributed by atoms with van der Waals surface area (Å²) in [4.78, 5) is 23.4. The van der Waals surface area contributed by atoms with E-state index in [4.69, 9.17) is 9.05 Å². The van der Waals surface area contributed by atoms with Gasteiger partial charge in [-0.25, -0.2) is 4.57 Å². The second-order valence-electron chi connectivity index (χ2n) is 25.2. The SMILES string of the molecule is CC/C=C\C/C=C\C/C=C\C/C=C\C/C=C\C/C=C\C/C=C\C/C=C\CCCCCCCCCCCCCCCCCCC(=O)NC(COP(=O)(O)OCC[N+](C)(C)C)C(O)/C=C/CC/C=C/CCCCCCCCCCCCCCCCCCC. The molecular weight excluding hydrogens is 1080 g/mol. The number of amides is 1. The quantitative estimate of drug-likeness (QED) is 0.0243. The van der Waals surface area contributed by atoms with Crippen LogP contribution in [0.2, 0.25) is 0 Å². The van der Waals surface area contributed by atoms with Crippen molar-refractivity contribution in [2.45, 2.75) is 321 Å². The first-order chi connectivity index (χ1) is 42.0. The zero-order valence-corrected chi connectivity index (χ0v) is 57.7. The Hall–Kier alpha value is -3.10. The van der Waals surface area contributed by atoms with Gasteiger partial charge >= 0.3 is 7.82 Å². The number of carbonyl (C=O) groups excluding carboxylic acids is 1. The van der Waals surface area contributed by atoms with Crippen LogP contribution < -0.4 is 5.32 Å². The van der Waals surface area contributed by atoms with E-state index in [1.807, 2.05) is 27.2 Å². The number of likely N-dealkylation sites (N-methyl/N-ethyl adjacent to an activating group) is 1. The Morgan fingerprint density at radius 3 is 1.07 bits per heavy atom. The molecule has 0 aromatic rings. The minimum Gasteiger partial charge on any atom is -0.387 e. The molecule has 3 atom stereocenters. The van der Waals surface area contributed by atoms with E-state index in [-0.39, 0.29) is 19.1 Å². The highest BCUT2D eigenvalue weighted by Gasteiger charge is 2.28. The van der Waals surface area contributed by atoms with Gasteiger partial charge in [0.1, 0.15) is 13.2 Å². The number of allylic oxidation sites excluding steroid dienone is 19. The fourth-order valence-corrected chi connectivity index (χ4v) is 10.9. The number of aliphatic hydroxyl groups excluding tert-OH is 1. The van der Waals surface area contributed by atoms with Crippen molar-refractivity contribution >= 4 is 13.7 Å². The van der Waals surface area contributed by atoms with Gasteiger partial charge in [0.05, 0.1) is 39.9 Å². The molecule has 0 aliphatic heterocycles.